The topological polar surface area (TPSA) is 44.8 Å². The van der Waals surface area contributed by atoms with E-state index in [1.54, 1.807) is 0 Å². The minimum absolute atomic E-state index is 0.0595. The first-order valence-electron chi connectivity index (χ1n) is 12.5. The number of hydrogen-bond donors (Lipinski definition) is 0. The van der Waals surface area contributed by atoms with Gasteiger partial charge in [0.25, 0.3) is 0 Å². The Bertz CT molecular complexity index is 620. The van der Waals surface area contributed by atoms with Crippen LogP contribution in [-0.2, 0) is 19.0 Å². The van der Waals surface area contributed by atoms with Crippen molar-refractivity contribution in [2.75, 3.05) is 21.3 Å². The molecule has 0 spiro atoms. The molecule has 4 nitrogen and oxygen atoms in total. The van der Waals surface area contributed by atoms with Crippen molar-refractivity contribution in [3.05, 3.63) is 0 Å². The Morgan fingerprint density at radius 2 is 1.63 bits per heavy atom. The van der Waals surface area contributed by atoms with Crippen LogP contribution in [0.5, 0.6) is 0 Å². The summed E-state index contributed by atoms with van der Waals surface area (Å²) in [4.78, 5) is 11.6. The molecule has 0 aromatic rings. The first kappa shape index (κ1) is 22.6. The third-order valence-corrected chi connectivity index (χ3v) is 10.6. The average molecular weight is 421 g/mol. The number of hydrogen-bond acceptors (Lipinski definition) is 4. The Morgan fingerprint density at radius 3 is 2.33 bits per heavy atom. The van der Waals surface area contributed by atoms with E-state index in [2.05, 4.69) is 13.8 Å². The molecular formula is C26H44O4. The highest BCUT2D eigenvalue weighted by molar-refractivity contribution is 5.68. The monoisotopic (exact) mass is 420 g/mol. The molecule has 0 unspecified atom stereocenters. The summed E-state index contributed by atoms with van der Waals surface area (Å²) in [5, 5.41) is 0. The van der Waals surface area contributed by atoms with Crippen molar-refractivity contribution >= 4 is 5.97 Å². The Morgan fingerprint density at radius 1 is 0.900 bits per heavy atom. The van der Waals surface area contributed by atoms with Crippen LogP contribution in [-0.4, -0.2) is 39.5 Å². The number of fused-ring (bicyclic) bond motifs is 5. The van der Waals surface area contributed by atoms with Crippen LogP contribution >= 0.6 is 0 Å². The van der Waals surface area contributed by atoms with Crippen molar-refractivity contribution in [1.82, 2.24) is 0 Å². The summed E-state index contributed by atoms with van der Waals surface area (Å²) in [6.07, 6.45) is 13.9. The number of rotatable bonds is 6. The highest BCUT2D eigenvalue weighted by Crippen LogP contribution is 2.68. The summed E-state index contributed by atoms with van der Waals surface area (Å²) >= 11 is 0. The second-order valence-electron chi connectivity index (χ2n) is 11.4. The Hall–Kier alpha value is -0.610. The van der Waals surface area contributed by atoms with Crippen LogP contribution in [0.25, 0.3) is 0 Å². The summed E-state index contributed by atoms with van der Waals surface area (Å²) in [6.45, 7) is 5.19. The molecule has 0 aromatic carbocycles. The fourth-order valence-corrected chi connectivity index (χ4v) is 8.80. The molecule has 4 aliphatic carbocycles. The van der Waals surface area contributed by atoms with Gasteiger partial charge in [0, 0.05) is 20.6 Å². The van der Waals surface area contributed by atoms with Gasteiger partial charge in [0.1, 0.15) is 0 Å². The molecule has 4 fully saturated rings. The van der Waals surface area contributed by atoms with Crippen LogP contribution in [0.1, 0.15) is 84.5 Å². The highest BCUT2D eigenvalue weighted by Gasteiger charge is 2.62. The van der Waals surface area contributed by atoms with Gasteiger partial charge in [-0.3, -0.25) is 4.79 Å². The molecule has 0 bridgehead atoms. The summed E-state index contributed by atoms with van der Waals surface area (Å²) in [6, 6.07) is 0. The minimum Gasteiger partial charge on any atom is -0.469 e. The Labute approximate surface area is 183 Å². The summed E-state index contributed by atoms with van der Waals surface area (Å²) < 4.78 is 16.9. The lowest BCUT2D eigenvalue weighted by Gasteiger charge is -2.63. The highest BCUT2D eigenvalue weighted by atomic mass is 16.5. The number of carbonyl (C=O) groups is 1. The third kappa shape index (κ3) is 3.64. The normalized spacial score (nSPS) is 47.8. The van der Waals surface area contributed by atoms with Crippen molar-refractivity contribution < 1.29 is 19.0 Å². The first-order chi connectivity index (χ1) is 14.4. The van der Waals surface area contributed by atoms with E-state index in [4.69, 9.17) is 14.2 Å². The fourth-order valence-electron chi connectivity index (χ4n) is 8.80. The smallest absolute Gasteiger partial charge is 0.305 e. The molecule has 4 aliphatic rings. The van der Waals surface area contributed by atoms with E-state index in [9.17, 15) is 4.79 Å². The van der Waals surface area contributed by atoms with Crippen LogP contribution in [0.2, 0.25) is 0 Å². The van der Waals surface area contributed by atoms with Crippen molar-refractivity contribution in [3.8, 4) is 0 Å². The maximum atomic E-state index is 11.6. The minimum atomic E-state index is -0.0595. The van der Waals surface area contributed by atoms with E-state index < -0.39 is 0 Å². The number of ether oxygens (including phenoxy) is 3. The van der Waals surface area contributed by atoms with Crippen molar-refractivity contribution in [1.29, 1.82) is 0 Å². The molecule has 0 aromatic heterocycles. The maximum Gasteiger partial charge on any atom is 0.305 e. The van der Waals surface area contributed by atoms with Crippen LogP contribution in [0.15, 0.2) is 0 Å². The maximum absolute atomic E-state index is 11.6. The standard InChI is InChI=1S/C26H44O4/c1-25-14-12-21-24(20(25)10-9-17(25)7-6-8-23(27)30-5)22(29-4)16-18-15-19(28-3)11-13-26(18,21)2/h17-22,24H,6-16H2,1-5H3/t17-,18-,19+,20-,21-,22-,24-,25+,26-/m0/s1. The zero-order valence-corrected chi connectivity index (χ0v) is 20.0. The number of esters is 1. The summed E-state index contributed by atoms with van der Waals surface area (Å²) in [5.74, 6) is 3.72. The van der Waals surface area contributed by atoms with Gasteiger partial charge in [-0.15, -0.1) is 0 Å². The molecule has 0 saturated heterocycles. The van der Waals surface area contributed by atoms with Crippen molar-refractivity contribution in [2.45, 2.75) is 96.7 Å². The Balaban J connectivity index is 1.51. The van der Waals surface area contributed by atoms with Gasteiger partial charge in [0.05, 0.1) is 19.3 Å². The molecule has 30 heavy (non-hydrogen) atoms. The summed E-state index contributed by atoms with van der Waals surface area (Å²) in [5.41, 5.74) is 0.875. The van der Waals surface area contributed by atoms with E-state index in [-0.39, 0.29) is 5.97 Å². The van der Waals surface area contributed by atoms with Crippen LogP contribution in [0.4, 0.5) is 0 Å². The predicted molar refractivity (Wildman–Crippen MR) is 118 cm³/mol. The van der Waals surface area contributed by atoms with Gasteiger partial charge in [0.15, 0.2) is 0 Å². The predicted octanol–water partition coefficient (Wildman–Crippen LogP) is 5.63. The molecule has 4 saturated carbocycles. The molecule has 0 aliphatic heterocycles. The third-order valence-electron chi connectivity index (χ3n) is 10.6. The van der Waals surface area contributed by atoms with Gasteiger partial charge in [-0.2, -0.15) is 0 Å². The molecule has 0 heterocycles. The van der Waals surface area contributed by atoms with E-state index in [1.807, 2.05) is 14.2 Å². The molecule has 0 amide bonds. The molecule has 172 valence electrons. The molecule has 0 N–H and O–H groups in total. The van der Waals surface area contributed by atoms with E-state index in [1.165, 1.54) is 64.9 Å². The molecule has 0 radical (unpaired) electrons. The van der Waals surface area contributed by atoms with E-state index in [0.29, 0.717) is 35.4 Å². The van der Waals surface area contributed by atoms with Gasteiger partial charge < -0.3 is 14.2 Å². The molecule has 4 heteroatoms. The largest absolute Gasteiger partial charge is 0.469 e. The number of methoxy groups -OCH3 is 3. The lowest BCUT2D eigenvalue weighted by atomic mass is 9.44. The zero-order valence-electron chi connectivity index (χ0n) is 20.0. The van der Waals surface area contributed by atoms with Crippen LogP contribution in [0.3, 0.4) is 0 Å². The number of carbonyl (C=O) groups excluding carboxylic acids is 1. The lowest BCUT2D eigenvalue weighted by Crippen LogP contribution is -2.59. The SMILES string of the molecule is COC(=O)CCC[C@H]1CC[C@H]2[C@@H]3[C@@H](OC)C[C@@H]4C[C@H](OC)CC[C@]4(C)[C@H]3CC[C@]12C. The van der Waals surface area contributed by atoms with Gasteiger partial charge >= 0.3 is 5.97 Å². The summed E-state index contributed by atoms with van der Waals surface area (Å²) in [7, 11) is 5.34. The molecular weight excluding hydrogens is 376 g/mol. The second-order valence-corrected chi connectivity index (χ2v) is 11.4. The second kappa shape index (κ2) is 8.73. The van der Waals surface area contributed by atoms with Gasteiger partial charge in [-0.25, -0.2) is 0 Å². The van der Waals surface area contributed by atoms with Gasteiger partial charge in [-0.05, 0) is 105 Å². The van der Waals surface area contributed by atoms with E-state index >= 15 is 0 Å². The lowest BCUT2D eigenvalue weighted by molar-refractivity contribution is -0.182. The fraction of sp³-hybridized carbons (Fsp3) is 0.962. The quantitative estimate of drug-likeness (QED) is 0.523. The van der Waals surface area contributed by atoms with Gasteiger partial charge in [-0.1, -0.05) is 13.8 Å². The zero-order chi connectivity index (χ0) is 21.5. The van der Waals surface area contributed by atoms with Crippen LogP contribution in [0, 0.1) is 40.4 Å². The average Bonchev–Trinajstić information content (AvgIpc) is 3.09. The van der Waals surface area contributed by atoms with Crippen molar-refractivity contribution in [2.24, 2.45) is 40.4 Å². The van der Waals surface area contributed by atoms with Crippen molar-refractivity contribution in [3.63, 3.8) is 0 Å². The Kier molecular flexibility index (Phi) is 6.57. The molecule has 4 rings (SSSR count). The molecule has 9 atom stereocenters. The first-order valence-corrected chi connectivity index (χ1v) is 12.5. The van der Waals surface area contributed by atoms with Gasteiger partial charge in [0.2, 0.25) is 0 Å². The van der Waals surface area contributed by atoms with Crippen LogP contribution < -0.4 is 0 Å². The van der Waals surface area contributed by atoms with E-state index in [0.717, 1.165) is 30.1 Å².